The number of carbonyl (C=O) groups excluding carboxylic acids is 1. The number of hydrogen-bond acceptors (Lipinski definition) is 2. The lowest BCUT2D eigenvalue weighted by Crippen LogP contribution is -2.26. The minimum absolute atomic E-state index is 0.0721. The van der Waals surface area contributed by atoms with Gasteiger partial charge in [-0.2, -0.15) is 0 Å². The van der Waals surface area contributed by atoms with Gasteiger partial charge in [0.2, 0.25) is 5.91 Å². The van der Waals surface area contributed by atoms with Crippen molar-refractivity contribution in [2.45, 2.75) is 48.1 Å². The van der Waals surface area contributed by atoms with Gasteiger partial charge in [0.1, 0.15) is 11.5 Å². The van der Waals surface area contributed by atoms with E-state index in [1.54, 1.807) is 0 Å². The molecule has 110 valence electrons. The lowest BCUT2D eigenvalue weighted by Gasteiger charge is -2.05. The van der Waals surface area contributed by atoms with Gasteiger partial charge in [-0.25, -0.2) is 0 Å². The van der Waals surface area contributed by atoms with Crippen molar-refractivity contribution < 1.29 is 9.21 Å². The summed E-state index contributed by atoms with van der Waals surface area (Å²) in [5.41, 5.74) is 2.41. The van der Waals surface area contributed by atoms with Crippen LogP contribution in [-0.4, -0.2) is 5.91 Å². The number of aryl methyl sites for hydroxylation is 2. The predicted octanol–water partition coefficient (Wildman–Crippen LogP) is 3.75. The molecular formula is C17H25NO2. The Morgan fingerprint density at radius 1 is 1.40 bits per heavy atom. The zero-order valence-corrected chi connectivity index (χ0v) is 13.3. The topological polar surface area (TPSA) is 42.2 Å². The maximum atomic E-state index is 12.3. The van der Waals surface area contributed by atoms with Crippen molar-refractivity contribution >= 4 is 5.91 Å². The maximum Gasteiger partial charge on any atom is 0.224 e. The number of nitrogens with one attached hydrogen (secondary N) is 1. The van der Waals surface area contributed by atoms with Crippen molar-refractivity contribution in [2.24, 2.45) is 17.3 Å². The van der Waals surface area contributed by atoms with Crippen LogP contribution in [0, 0.1) is 31.1 Å². The van der Waals surface area contributed by atoms with Gasteiger partial charge in [-0.05, 0) is 45.1 Å². The summed E-state index contributed by atoms with van der Waals surface area (Å²) >= 11 is 0. The molecule has 1 aliphatic carbocycles. The molecule has 3 nitrogen and oxygen atoms in total. The fourth-order valence-electron chi connectivity index (χ4n) is 3.00. The molecule has 2 rings (SSSR count). The van der Waals surface area contributed by atoms with E-state index in [-0.39, 0.29) is 17.2 Å². The van der Waals surface area contributed by atoms with E-state index in [0.717, 1.165) is 17.1 Å². The number of allylic oxidation sites excluding steroid dienone is 2. The highest BCUT2D eigenvalue weighted by molar-refractivity contribution is 5.83. The summed E-state index contributed by atoms with van der Waals surface area (Å²) in [6.07, 6.45) is 2.22. The Balaban J connectivity index is 1.97. The Morgan fingerprint density at radius 2 is 2.05 bits per heavy atom. The Bertz CT molecular complexity index is 547. The van der Waals surface area contributed by atoms with Crippen LogP contribution >= 0.6 is 0 Å². The third kappa shape index (κ3) is 2.82. The molecule has 1 amide bonds. The van der Waals surface area contributed by atoms with Gasteiger partial charge < -0.3 is 9.73 Å². The van der Waals surface area contributed by atoms with Crippen molar-refractivity contribution in [3.8, 4) is 0 Å². The fourth-order valence-corrected chi connectivity index (χ4v) is 3.00. The van der Waals surface area contributed by atoms with Crippen LogP contribution in [0.3, 0.4) is 0 Å². The van der Waals surface area contributed by atoms with E-state index in [2.05, 4.69) is 39.1 Å². The van der Waals surface area contributed by atoms with Gasteiger partial charge in [-0.15, -0.1) is 0 Å². The molecule has 20 heavy (non-hydrogen) atoms. The Labute approximate surface area is 121 Å². The van der Waals surface area contributed by atoms with E-state index in [4.69, 9.17) is 4.42 Å². The first-order valence-electron chi connectivity index (χ1n) is 7.22. The quantitative estimate of drug-likeness (QED) is 0.850. The molecular weight excluding hydrogens is 250 g/mol. The van der Waals surface area contributed by atoms with Crippen molar-refractivity contribution in [1.82, 2.24) is 5.32 Å². The average Bonchev–Trinajstić information content (AvgIpc) is 2.68. The summed E-state index contributed by atoms with van der Waals surface area (Å²) in [6, 6.07) is 1.99. The maximum absolute atomic E-state index is 12.3. The number of rotatable bonds is 4. The number of amides is 1. The molecule has 1 aromatic heterocycles. The first-order chi connectivity index (χ1) is 9.23. The molecule has 3 heteroatoms. The molecule has 1 aliphatic rings. The zero-order valence-electron chi connectivity index (χ0n) is 13.3. The second-order valence-corrected chi connectivity index (χ2v) is 6.73. The molecule has 0 bridgehead atoms. The highest BCUT2D eigenvalue weighted by Gasteiger charge is 2.60. The average molecular weight is 275 g/mol. The first kappa shape index (κ1) is 14.9. The van der Waals surface area contributed by atoms with Crippen LogP contribution in [0.25, 0.3) is 0 Å². The van der Waals surface area contributed by atoms with Crippen LogP contribution in [0.2, 0.25) is 0 Å². The minimum atomic E-state index is 0.0721. The summed E-state index contributed by atoms with van der Waals surface area (Å²) in [5, 5.41) is 3.05. The van der Waals surface area contributed by atoms with Crippen LogP contribution in [-0.2, 0) is 11.3 Å². The fraction of sp³-hybridized carbons (Fsp3) is 0.588. The summed E-state index contributed by atoms with van der Waals surface area (Å²) in [5.74, 6) is 2.38. The smallest absolute Gasteiger partial charge is 0.224 e. The molecule has 0 radical (unpaired) electrons. The Kier molecular flexibility index (Phi) is 3.81. The van der Waals surface area contributed by atoms with E-state index >= 15 is 0 Å². The molecule has 0 aromatic carbocycles. The molecule has 1 N–H and O–H groups in total. The molecule has 2 unspecified atom stereocenters. The largest absolute Gasteiger partial charge is 0.466 e. The molecule has 1 heterocycles. The van der Waals surface area contributed by atoms with E-state index in [0.29, 0.717) is 12.5 Å². The molecule has 1 saturated carbocycles. The Morgan fingerprint density at radius 3 is 2.55 bits per heavy atom. The molecule has 0 spiro atoms. The van der Waals surface area contributed by atoms with E-state index in [1.165, 1.54) is 5.57 Å². The normalized spacial score (nSPS) is 23.3. The highest BCUT2D eigenvalue weighted by Crippen LogP contribution is 2.59. The van der Waals surface area contributed by atoms with E-state index in [9.17, 15) is 4.79 Å². The second-order valence-electron chi connectivity index (χ2n) is 6.73. The number of carbonyl (C=O) groups is 1. The number of furan rings is 1. The summed E-state index contributed by atoms with van der Waals surface area (Å²) in [6.45, 7) is 12.9. The van der Waals surface area contributed by atoms with Crippen LogP contribution in [0.1, 0.15) is 44.8 Å². The van der Waals surface area contributed by atoms with Crippen molar-refractivity contribution in [3.05, 3.63) is 34.8 Å². The lowest BCUT2D eigenvalue weighted by atomic mass is 10.1. The molecule has 2 atom stereocenters. The predicted molar refractivity (Wildman–Crippen MR) is 80.2 cm³/mol. The standard InChI is InChI=1S/C17H25NO2/c1-10(2)7-14-15(17(14,5)6)16(19)18-9-13-8-11(3)20-12(13)4/h7-8,14-15H,9H2,1-6H3,(H,18,19). The van der Waals surface area contributed by atoms with Gasteiger partial charge >= 0.3 is 0 Å². The van der Waals surface area contributed by atoms with Gasteiger partial charge in [0, 0.05) is 12.1 Å². The molecule has 0 aliphatic heterocycles. The Hall–Kier alpha value is -1.51. The van der Waals surface area contributed by atoms with Crippen molar-refractivity contribution in [2.75, 3.05) is 0 Å². The van der Waals surface area contributed by atoms with Crippen LogP contribution < -0.4 is 5.32 Å². The minimum Gasteiger partial charge on any atom is -0.466 e. The molecule has 1 fully saturated rings. The van der Waals surface area contributed by atoms with Gasteiger partial charge in [-0.3, -0.25) is 4.79 Å². The van der Waals surface area contributed by atoms with Crippen molar-refractivity contribution in [1.29, 1.82) is 0 Å². The van der Waals surface area contributed by atoms with Crippen molar-refractivity contribution in [3.63, 3.8) is 0 Å². The SMILES string of the molecule is CC(C)=CC1C(C(=O)NCc2cc(C)oc2C)C1(C)C. The van der Waals surface area contributed by atoms with Crippen LogP contribution in [0.4, 0.5) is 0 Å². The first-order valence-corrected chi connectivity index (χ1v) is 7.22. The lowest BCUT2D eigenvalue weighted by molar-refractivity contribution is -0.123. The third-order valence-corrected chi connectivity index (χ3v) is 4.30. The van der Waals surface area contributed by atoms with E-state index in [1.807, 2.05) is 19.9 Å². The molecule has 0 saturated heterocycles. The number of hydrogen-bond donors (Lipinski definition) is 1. The summed E-state index contributed by atoms with van der Waals surface area (Å²) in [7, 11) is 0. The van der Waals surface area contributed by atoms with Gasteiger partial charge in [-0.1, -0.05) is 25.5 Å². The second kappa shape index (κ2) is 5.12. The van der Waals surface area contributed by atoms with Crippen LogP contribution in [0.15, 0.2) is 22.1 Å². The van der Waals surface area contributed by atoms with E-state index < -0.39 is 0 Å². The monoisotopic (exact) mass is 275 g/mol. The van der Waals surface area contributed by atoms with Gasteiger partial charge in [0.15, 0.2) is 0 Å². The summed E-state index contributed by atoms with van der Waals surface area (Å²) < 4.78 is 5.48. The van der Waals surface area contributed by atoms with Gasteiger partial charge in [0.05, 0.1) is 5.92 Å². The zero-order chi connectivity index (χ0) is 15.1. The highest BCUT2D eigenvalue weighted by atomic mass is 16.3. The third-order valence-electron chi connectivity index (χ3n) is 4.30. The molecule has 1 aromatic rings. The van der Waals surface area contributed by atoms with Gasteiger partial charge in [0.25, 0.3) is 0 Å². The van der Waals surface area contributed by atoms with Crippen LogP contribution in [0.5, 0.6) is 0 Å². The summed E-state index contributed by atoms with van der Waals surface area (Å²) in [4.78, 5) is 12.3.